The van der Waals surface area contributed by atoms with Crippen molar-refractivity contribution in [2.45, 2.75) is 12.8 Å². The normalized spacial score (nSPS) is 11.3. The number of ether oxygens (including phenoxy) is 2. The molecule has 0 radical (unpaired) electrons. The molecule has 3 heterocycles. The smallest absolute Gasteiger partial charge is 0.435 e. The van der Waals surface area contributed by atoms with Gasteiger partial charge in [0.2, 0.25) is 17.7 Å². The summed E-state index contributed by atoms with van der Waals surface area (Å²) < 4.78 is 61.7. The summed E-state index contributed by atoms with van der Waals surface area (Å²) in [5.74, 6) is -3.33. The molecule has 0 atom stereocenters. The van der Waals surface area contributed by atoms with E-state index in [0.29, 0.717) is 0 Å². The maximum Gasteiger partial charge on any atom is 0.573 e. The minimum Gasteiger partial charge on any atom is -0.435 e. The molecule has 1 aromatic carbocycles. The summed E-state index contributed by atoms with van der Waals surface area (Å²) in [4.78, 5) is 31.6. The lowest BCUT2D eigenvalue weighted by Gasteiger charge is -2.09. The Balaban J connectivity index is 1.42. The third-order valence-electron chi connectivity index (χ3n) is 4.39. The summed E-state index contributed by atoms with van der Waals surface area (Å²) >= 11 is 0. The second-order valence-corrected chi connectivity index (χ2v) is 6.96. The summed E-state index contributed by atoms with van der Waals surface area (Å²) in [7, 11) is 0. The number of rotatable bonds is 7. The number of carbonyl (C=O) groups excluding carboxylic acids is 2. The number of halogens is 4. The number of primary amides is 1. The van der Waals surface area contributed by atoms with Crippen molar-refractivity contribution in [2.24, 2.45) is 5.73 Å². The minimum atomic E-state index is -4.87. The van der Waals surface area contributed by atoms with Gasteiger partial charge in [0.1, 0.15) is 11.3 Å². The molecule has 0 spiro atoms. The number of nitrogens with two attached hydrogens (primary N) is 1. The quantitative estimate of drug-likeness (QED) is 0.380. The Labute approximate surface area is 193 Å². The van der Waals surface area contributed by atoms with Crippen LogP contribution in [0.25, 0.3) is 5.65 Å². The van der Waals surface area contributed by atoms with Gasteiger partial charge in [-0.25, -0.2) is 13.9 Å². The lowest BCUT2D eigenvalue weighted by Crippen LogP contribution is -2.17. The molecule has 0 unspecified atom stereocenters. The molecule has 14 heteroatoms. The SMILES string of the molecule is NC(=O)c1cccnc1Oc1ccc(CC(=O)Nc2nc3ccc(OC(F)(F)F)cn3n2)cc1F. The Morgan fingerprint density at radius 3 is 2.66 bits per heavy atom. The van der Waals surface area contributed by atoms with E-state index < -0.39 is 29.7 Å². The van der Waals surface area contributed by atoms with Gasteiger partial charge in [0, 0.05) is 6.20 Å². The summed E-state index contributed by atoms with van der Waals surface area (Å²) in [5, 5.41) is 6.25. The number of alkyl halides is 3. The van der Waals surface area contributed by atoms with E-state index in [1.807, 2.05) is 0 Å². The van der Waals surface area contributed by atoms with Crippen LogP contribution in [0.3, 0.4) is 0 Å². The molecule has 0 bridgehead atoms. The van der Waals surface area contributed by atoms with Crippen molar-refractivity contribution in [3.8, 4) is 17.4 Å². The molecule has 180 valence electrons. The summed E-state index contributed by atoms with van der Waals surface area (Å²) in [6, 6.07) is 8.85. The van der Waals surface area contributed by atoms with Crippen LogP contribution >= 0.6 is 0 Å². The number of anilines is 1. The molecule has 4 rings (SSSR count). The van der Waals surface area contributed by atoms with Crippen molar-refractivity contribution >= 4 is 23.4 Å². The molecule has 0 saturated heterocycles. The van der Waals surface area contributed by atoms with Crippen molar-refractivity contribution < 1.29 is 36.6 Å². The van der Waals surface area contributed by atoms with Crippen LogP contribution in [0.5, 0.6) is 17.4 Å². The van der Waals surface area contributed by atoms with Crippen molar-refractivity contribution in [1.82, 2.24) is 19.6 Å². The summed E-state index contributed by atoms with van der Waals surface area (Å²) in [5.41, 5.74) is 5.64. The Bertz CT molecular complexity index is 1420. The van der Waals surface area contributed by atoms with E-state index in [0.717, 1.165) is 22.8 Å². The lowest BCUT2D eigenvalue weighted by atomic mass is 10.1. The zero-order valence-corrected chi connectivity index (χ0v) is 17.4. The predicted octanol–water partition coefficient (Wildman–Crippen LogP) is 3.23. The second kappa shape index (κ2) is 9.24. The number of benzene rings is 1. The van der Waals surface area contributed by atoms with Gasteiger partial charge in [-0.2, -0.15) is 4.98 Å². The van der Waals surface area contributed by atoms with Gasteiger partial charge in [-0.05, 0) is 42.0 Å². The number of fused-ring (bicyclic) bond motifs is 1. The number of amides is 2. The maximum atomic E-state index is 14.5. The predicted molar refractivity (Wildman–Crippen MR) is 111 cm³/mol. The topological polar surface area (TPSA) is 134 Å². The van der Waals surface area contributed by atoms with E-state index in [1.165, 1.54) is 36.5 Å². The first-order chi connectivity index (χ1) is 16.6. The van der Waals surface area contributed by atoms with Crippen LogP contribution in [0.1, 0.15) is 15.9 Å². The van der Waals surface area contributed by atoms with Gasteiger partial charge < -0.3 is 15.2 Å². The van der Waals surface area contributed by atoms with Crippen molar-refractivity contribution in [3.63, 3.8) is 0 Å². The molecule has 0 aliphatic rings. The number of pyridine rings is 2. The van der Waals surface area contributed by atoms with E-state index in [9.17, 15) is 27.2 Å². The number of carbonyl (C=O) groups is 2. The first-order valence-electron chi connectivity index (χ1n) is 9.70. The molecule has 35 heavy (non-hydrogen) atoms. The molecule has 4 aromatic rings. The number of aromatic nitrogens is 4. The van der Waals surface area contributed by atoms with E-state index in [1.54, 1.807) is 0 Å². The Hall–Kier alpha value is -4.75. The van der Waals surface area contributed by atoms with E-state index in [4.69, 9.17) is 10.5 Å². The van der Waals surface area contributed by atoms with Crippen LogP contribution < -0.4 is 20.5 Å². The minimum absolute atomic E-state index is 0.0348. The van der Waals surface area contributed by atoms with Gasteiger partial charge in [-0.1, -0.05) is 6.07 Å². The third-order valence-corrected chi connectivity index (χ3v) is 4.39. The number of nitrogens with one attached hydrogen (secondary N) is 1. The molecular formula is C21H14F4N6O4. The van der Waals surface area contributed by atoms with Crippen molar-refractivity contribution in [3.05, 3.63) is 71.8 Å². The molecular weight excluding hydrogens is 476 g/mol. The van der Waals surface area contributed by atoms with Crippen molar-refractivity contribution in [1.29, 1.82) is 0 Å². The van der Waals surface area contributed by atoms with Crippen LogP contribution in [0.4, 0.5) is 23.5 Å². The van der Waals surface area contributed by atoms with E-state index in [-0.39, 0.29) is 40.8 Å². The average molecular weight is 490 g/mol. The molecule has 10 nitrogen and oxygen atoms in total. The van der Waals surface area contributed by atoms with Crippen LogP contribution in [0, 0.1) is 5.82 Å². The average Bonchev–Trinajstić information content (AvgIpc) is 3.16. The van der Waals surface area contributed by atoms with Crippen molar-refractivity contribution in [2.75, 3.05) is 5.32 Å². The Kier molecular flexibility index (Phi) is 6.18. The van der Waals surface area contributed by atoms with Gasteiger partial charge in [0.05, 0.1) is 12.6 Å². The standard InChI is InChI=1S/C21H14F4N6O4/c22-14-8-11(3-5-15(14)34-19-13(18(26)33)2-1-7-27-19)9-17(32)29-20-28-16-6-4-12(10-31(16)30-20)35-21(23,24)25/h1-8,10H,9H2,(H2,26,33)(H,29,30,32). The van der Waals surface area contributed by atoms with Gasteiger partial charge in [-0.3, -0.25) is 14.9 Å². The van der Waals surface area contributed by atoms with E-state index >= 15 is 0 Å². The fraction of sp³-hybridized carbons (Fsp3) is 0.0952. The van der Waals surface area contributed by atoms with Crippen LogP contribution in [-0.4, -0.2) is 37.8 Å². The lowest BCUT2D eigenvalue weighted by molar-refractivity contribution is -0.274. The molecule has 0 fully saturated rings. The maximum absolute atomic E-state index is 14.5. The fourth-order valence-electron chi connectivity index (χ4n) is 2.97. The molecule has 0 saturated carbocycles. The monoisotopic (exact) mass is 490 g/mol. The summed E-state index contributed by atoms with van der Waals surface area (Å²) in [6.45, 7) is 0. The Morgan fingerprint density at radius 1 is 1.14 bits per heavy atom. The van der Waals surface area contributed by atoms with E-state index in [2.05, 4.69) is 25.1 Å². The zero-order chi connectivity index (χ0) is 25.2. The molecule has 0 aliphatic carbocycles. The number of hydrogen-bond acceptors (Lipinski definition) is 7. The van der Waals surface area contributed by atoms with Gasteiger partial charge in [-0.15, -0.1) is 18.3 Å². The molecule has 3 aromatic heterocycles. The highest BCUT2D eigenvalue weighted by molar-refractivity contribution is 5.95. The molecule has 3 N–H and O–H groups in total. The number of nitrogens with zero attached hydrogens (tertiary/aromatic N) is 4. The van der Waals surface area contributed by atoms with Gasteiger partial charge >= 0.3 is 6.36 Å². The van der Waals surface area contributed by atoms with Crippen LogP contribution in [0.15, 0.2) is 54.9 Å². The highest BCUT2D eigenvalue weighted by atomic mass is 19.4. The van der Waals surface area contributed by atoms with Gasteiger partial charge in [0.25, 0.3) is 5.91 Å². The molecule has 0 aliphatic heterocycles. The van der Waals surface area contributed by atoms with Crippen LogP contribution in [-0.2, 0) is 11.2 Å². The largest absolute Gasteiger partial charge is 0.573 e. The number of hydrogen-bond donors (Lipinski definition) is 2. The molecule has 2 amide bonds. The first kappa shape index (κ1) is 23.4. The zero-order valence-electron chi connectivity index (χ0n) is 17.4. The highest BCUT2D eigenvalue weighted by Crippen LogP contribution is 2.26. The van der Waals surface area contributed by atoms with Crippen LogP contribution in [0.2, 0.25) is 0 Å². The third kappa shape index (κ3) is 5.79. The fourth-order valence-corrected chi connectivity index (χ4v) is 2.97. The highest BCUT2D eigenvalue weighted by Gasteiger charge is 2.31. The van der Waals surface area contributed by atoms with Gasteiger partial charge in [0.15, 0.2) is 17.2 Å². The second-order valence-electron chi connectivity index (χ2n) is 6.96. The summed E-state index contributed by atoms with van der Waals surface area (Å²) in [6.07, 6.45) is -2.85. The Morgan fingerprint density at radius 2 is 1.94 bits per heavy atom. The first-order valence-corrected chi connectivity index (χ1v) is 9.70.